The fourth-order valence-electron chi connectivity index (χ4n) is 1.37. The molecule has 0 aliphatic heterocycles. The van der Waals surface area contributed by atoms with E-state index in [1.54, 1.807) is 11.0 Å². The lowest BCUT2D eigenvalue weighted by Crippen LogP contribution is -2.85. The smallest absolute Gasteiger partial charge is 0.323 e. The number of nitrogens with one attached hydrogen (secondary N) is 2. The lowest BCUT2D eigenvalue weighted by molar-refractivity contribution is -0.656. The molecule has 0 amide bonds. The van der Waals surface area contributed by atoms with Crippen molar-refractivity contribution in [3.8, 4) is 0 Å². The molecule has 1 aromatic heterocycles. The number of nitrogens with zero attached hydrogens (tertiary/aromatic N) is 2. The van der Waals surface area contributed by atoms with Crippen molar-refractivity contribution in [1.29, 1.82) is 0 Å². The number of hydrogen-bond acceptors (Lipinski definition) is 1. The Morgan fingerprint density at radius 2 is 2.00 bits per heavy atom. The summed E-state index contributed by atoms with van der Waals surface area (Å²) in [5.74, 6) is 0.122. The van der Waals surface area contributed by atoms with E-state index in [2.05, 4.69) is 15.1 Å². The molecule has 2 aromatic rings. The highest BCUT2D eigenvalue weighted by molar-refractivity contribution is 5.78. The van der Waals surface area contributed by atoms with E-state index in [0.717, 1.165) is 11.0 Å². The lowest BCUT2D eigenvalue weighted by atomic mass is 10.3. The Bertz CT molecular complexity index is 562. The van der Waals surface area contributed by atoms with Crippen LogP contribution in [0.25, 0.3) is 11.0 Å². The molecule has 2 rings (SSSR count). The highest BCUT2D eigenvalue weighted by atomic mass is 15.4. The predicted octanol–water partition coefficient (Wildman–Crippen LogP) is -3.11. The van der Waals surface area contributed by atoms with Crippen LogP contribution in [0.15, 0.2) is 35.7 Å². The van der Waals surface area contributed by atoms with Crippen LogP contribution in [-0.4, -0.2) is 16.9 Å². The van der Waals surface area contributed by atoms with Gasteiger partial charge < -0.3 is 17.2 Å². The summed E-state index contributed by atoms with van der Waals surface area (Å²) in [7, 11) is 0. The van der Waals surface area contributed by atoms with Crippen LogP contribution in [0, 0.1) is 0 Å². The molecule has 0 unspecified atom stereocenters. The Labute approximate surface area is 91.3 Å². The van der Waals surface area contributed by atoms with Gasteiger partial charge in [-0.05, 0) is 12.1 Å². The van der Waals surface area contributed by atoms with Gasteiger partial charge in [0.25, 0.3) is 12.3 Å². The van der Waals surface area contributed by atoms with Crippen molar-refractivity contribution in [3.63, 3.8) is 0 Å². The SMILES string of the molecule is NC(=N[n+]1c[nH]c2ccccc21)[NH+]=C(N)N. The highest BCUT2D eigenvalue weighted by Crippen LogP contribution is 2.04. The topological polar surface area (TPSA) is 124 Å². The molecule has 0 saturated carbocycles. The second kappa shape index (κ2) is 3.89. The van der Waals surface area contributed by atoms with Gasteiger partial charge in [-0.15, -0.1) is 0 Å². The van der Waals surface area contributed by atoms with Gasteiger partial charge in [0.15, 0.2) is 5.52 Å². The first-order valence-electron chi connectivity index (χ1n) is 4.64. The molecule has 16 heavy (non-hydrogen) atoms. The van der Waals surface area contributed by atoms with Crippen molar-refractivity contribution in [3.05, 3.63) is 30.6 Å². The second-order valence-corrected chi connectivity index (χ2v) is 3.20. The normalized spacial score (nSPS) is 11.6. The van der Waals surface area contributed by atoms with Crippen LogP contribution >= 0.6 is 0 Å². The van der Waals surface area contributed by atoms with Crippen LogP contribution in [0.4, 0.5) is 0 Å². The number of aromatic amines is 1. The average molecular weight is 219 g/mol. The van der Waals surface area contributed by atoms with Gasteiger partial charge in [0.1, 0.15) is 0 Å². The van der Waals surface area contributed by atoms with Gasteiger partial charge in [-0.2, -0.15) is 0 Å². The van der Waals surface area contributed by atoms with E-state index in [4.69, 9.17) is 17.2 Å². The first-order chi connectivity index (χ1) is 7.66. The molecule has 8 N–H and O–H groups in total. The first kappa shape index (κ1) is 9.97. The second-order valence-electron chi connectivity index (χ2n) is 3.20. The zero-order valence-corrected chi connectivity index (χ0v) is 8.51. The third-order valence-electron chi connectivity index (χ3n) is 1.98. The molecular formula is C9H13N7+2. The van der Waals surface area contributed by atoms with Crippen molar-refractivity contribution >= 4 is 23.0 Å². The predicted molar refractivity (Wildman–Crippen MR) is 59.9 cm³/mol. The molecule has 0 radical (unpaired) electrons. The Kier molecular flexibility index (Phi) is 2.42. The number of hydrogen-bond donors (Lipinski definition) is 5. The van der Waals surface area contributed by atoms with Crippen molar-refractivity contribution in [2.45, 2.75) is 0 Å². The van der Waals surface area contributed by atoms with Gasteiger partial charge in [-0.25, -0.2) is 9.98 Å². The Balaban J connectivity index is 2.45. The van der Waals surface area contributed by atoms with Gasteiger partial charge in [0.2, 0.25) is 5.52 Å². The Morgan fingerprint density at radius 1 is 1.25 bits per heavy atom. The largest absolute Gasteiger partial charge is 0.358 e. The summed E-state index contributed by atoms with van der Waals surface area (Å²) in [6.07, 6.45) is 1.69. The summed E-state index contributed by atoms with van der Waals surface area (Å²) >= 11 is 0. The third kappa shape index (κ3) is 1.92. The number of aromatic nitrogens is 2. The first-order valence-corrected chi connectivity index (χ1v) is 4.64. The fourth-order valence-corrected chi connectivity index (χ4v) is 1.37. The van der Waals surface area contributed by atoms with E-state index in [9.17, 15) is 0 Å². The minimum atomic E-state index is 0.00157. The van der Waals surface area contributed by atoms with Gasteiger partial charge in [0.05, 0.1) is 5.10 Å². The number of guanidine groups is 2. The molecule has 0 atom stereocenters. The van der Waals surface area contributed by atoms with E-state index in [0.29, 0.717) is 0 Å². The Morgan fingerprint density at radius 3 is 2.75 bits per heavy atom. The van der Waals surface area contributed by atoms with Crippen LogP contribution < -0.4 is 26.9 Å². The minimum Gasteiger partial charge on any atom is -0.323 e. The molecule has 82 valence electrons. The van der Waals surface area contributed by atoms with E-state index in [1.165, 1.54) is 0 Å². The number of H-pyrrole nitrogens is 1. The van der Waals surface area contributed by atoms with E-state index in [-0.39, 0.29) is 11.9 Å². The third-order valence-corrected chi connectivity index (χ3v) is 1.98. The Hall–Kier alpha value is -2.57. The molecule has 0 aliphatic rings. The number of nitrogens with two attached hydrogens (primary N) is 3. The summed E-state index contributed by atoms with van der Waals surface area (Å²) in [6, 6.07) is 7.70. The molecule has 0 fully saturated rings. The van der Waals surface area contributed by atoms with Crippen molar-refractivity contribution in [2.75, 3.05) is 0 Å². The van der Waals surface area contributed by atoms with Crippen molar-refractivity contribution in [2.24, 2.45) is 22.3 Å². The molecule has 1 aromatic carbocycles. The zero-order chi connectivity index (χ0) is 11.5. The van der Waals surface area contributed by atoms with E-state index >= 15 is 0 Å². The molecule has 7 nitrogen and oxygen atoms in total. The molecule has 1 heterocycles. The van der Waals surface area contributed by atoms with Gasteiger partial charge in [0, 0.05) is 0 Å². The summed E-state index contributed by atoms with van der Waals surface area (Å²) in [6.45, 7) is 0. The molecule has 0 bridgehead atoms. The summed E-state index contributed by atoms with van der Waals surface area (Å²) in [4.78, 5) is 5.56. The molecule has 7 heteroatoms. The van der Waals surface area contributed by atoms with Crippen LogP contribution in [-0.2, 0) is 0 Å². The summed E-state index contributed by atoms with van der Waals surface area (Å²) < 4.78 is 1.60. The van der Waals surface area contributed by atoms with E-state index in [1.807, 2.05) is 24.3 Å². The highest BCUT2D eigenvalue weighted by Gasteiger charge is 2.10. The quantitative estimate of drug-likeness (QED) is 0.198. The van der Waals surface area contributed by atoms with Crippen molar-refractivity contribution < 1.29 is 9.67 Å². The number of rotatable bonds is 1. The van der Waals surface area contributed by atoms with Gasteiger partial charge in [-0.1, -0.05) is 16.8 Å². The monoisotopic (exact) mass is 219 g/mol. The van der Waals surface area contributed by atoms with Crippen LogP contribution in [0.1, 0.15) is 0 Å². The number of imidazole rings is 1. The zero-order valence-electron chi connectivity index (χ0n) is 8.51. The fraction of sp³-hybridized carbons (Fsp3) is 0. The van der Waals surface area contributed by atoms with Gasteiger partial charge >= 0.3 is 5.96 Å². The van der Waals surface area contributed by atoms with Crippen LogP contribution in [0.5, 0.6) is 0 Å². The summed E-state index contributed by atoms with van der Waals surface area (Å²) in [5.41, 5.74) is 17.9. The lowest BCUT2D eigenvalue weighted by Gasteiger charge is -1.87. The minimum absolute atomic E-state index is 0.00157. The number of para-hydroxylation sites is 2. The van der Waals surface area contributed by atoms with E-state index < -0.39 is 0 Å². The maximum atomic E-state index is 5.58. The number of fused-ring (bicyclic) bond motifs is 1. The average Bonchev–Trinajstić information content (AvgIpc) is 2.61. The molecular weight excluding hydrogens is 206 g/mol. The molecule has 0 aliphatic carbocycles. The van der Waals surface area contributed by atoms with Gasteiger partial charge in [-0.3, -0.25) is 0 Å². The summed E-state index contributed by atoms with van der Waals surface area (Å²) in [5, 5.41) is 4.08. The molecule has 0 saturated heterocycles. The van der Waals surface area contributed by atoms with Crippen LogP contribution in [0.3, 0.4) is 0 Å². The number of benzene rings is 1. The maximum Gasteiger partial charge on any atom is 0.358 e. The maximum absolute atomic E-state index is 5.58. The standard InChI is InChI=1S/C9H11N7/c10-8(11)14-9(12)15-16-5-13-6-3-1-2-4-7(6)16/h1-5H,(H6,10,11,12,14,15)/p+2. The van der Waals surface area contributed by atoms with Crippen LogP contribution in [0.2, 0.25) is 0 Å². The molecule has 0 spiro atoms. The van der Waals surface area contributed by atoms with Crippen molar-refractivity contribution in [1.82, 2.24) is 4.98 Å².